The number of benzene rings is 1. The predicted octanol–water partition coefficient (Wildman–Crippen LogP) is 4.08. The van der Waals surface area contributed by atoms with Crippen molar-refractivity contribution in [1.82, 2.24) is 0 Å². The Balaban J connectivity index is 2.41. The molecule has 0 spiro atoms. The van der Waals surface area contributed by atoms with Gasteiger partial charge in [-0.05, 0) is 24.1 Å². The zero-order valence-corrected chi connectivity index (χ0v) is 12.6. The molecule has 0 saturated carbocycles. The van der Waals surface area contributed by atoms with Crippen LogP contribution in [0.5, 0.6) is 5.75 Å². The van der Waals surface area contributed by atoms with Gasteiger partial charge in [-0.3, -0.25) is 0 Å². The zero-order chi connectivity index (χ0) is 15.5. The normalized spacial score (nSPS) is 17.7. The number of allylic oxidation sites excluding steroid dienone is 4. The molecular weight excluding hydrogens is 264 g/mol. The van der Waals surface area contributed by atoms with Gasteiger partial charge in [0.1, 0.15) is 5.75 Å². The van der Waals surface area contributed by atoms with Crippen LogP contribution in [-0.4, -0.2) is 17.7 Å². The van der Waals surface area contributed by atoms with E-state index in [2.05, 4.69) is 19.9 Å². The molecule has 1 aliphatic heterocycles. The van der Waals surface area contributed by atoms with Gasteiger partial charge in [0, 0.05) is 17.1 Å². The van der Waals surface area contributed by atoms with Gasteiger partial charge in [-0.25, -0.2) is 4.79 Å². The van der Waals surface area contributed by atoms with Crippen molar-refractivity contribution < 1.29 is 14.6 Å². The van der Waals surface area contributed by atoms with Crippen LogP contribution in [0.4, 0.5) is 0 Å². The molecule has 1 aromatic rings. The summed E-state index contributed by atoms with van der Waals surface area (Å²) in [6, 6.07) is 7.90. The third kappa shape index (κ3) is 4.09. The molecule has 0 bridgehead atoms. The number of fused-ring (bicyclic) bond motifs is 1. The number of aliphatic carboxylic acids is 1. The number of carboxylic acids is 1. The summed E-state index contributed by atoms with van der Waals surface area (Å²) in [6.07, 6.45) is 7.13. The van der Waals surface area contributed by atoms with Crippen LogP contribution in [0.15, 0.2) is 54.1 Å². The minimum Gasteiger partial charge on any atom is -0.492 e. The van der Waals surface area contributed by atoms with Gasteiger partial charge in [-0.1, -0.05) is 50.3 Å². The smallest absolute Gasteiger partial charge is 0.328 e. The highest BCUT2D eigenvalue weighted by atomic mass is 16.5. The first-order valence-electron chi connectivity index (χ1n) is 6.92. The molecule has 1 N–H and O–H groups in total. The van der Waals surface area contributed by atoms with E-state index in [0.717, 1.165) is 16.9 Å². The Morgan fingerprint density at radius 2 is 2.05 bits per heavy atom. The van der Waals surface area contributed by atoms with E-state index >= 15 is 0 Å². The minimum atomic E-state index is -0.934. The fourth-order valence-electron chi connectivity index (χ4n) is 2.24. The molecule has 0 radical (unpaired) electrons. The third-order valence-corrected chi connectivity index (χ3v) is 3.22. The third-order valence-electron chi connectivity index (χ3n) is 3.22. The van der Waals surface area contributed by atoms with Crippen LogP contribution in [-0.2, 0) is 4.79 Å². The molecule has 0 fully saturated rings. The maximum Gasteiger partial charge on any atom is 0.328 e. The van der Waals surface area contributed by atoms with Crippen LogP contribution in [0.1, 0.15) is 26.3 Å². The second-order valence-corrected chi connectivity index (χ2v) is 5.93. The molecule has 0 amide bonds. The van der Waals surface area contributed by atoms with Crippen LogP contribution in [0.25, 0.3) is 5.57 Å². The van der Waals surface area contributed by atoms with Crippen molar-refractivity contribution in [2.45, 2.75) is 20.8 Å². The SMILES string of the molecule is CC(/C=C/C1=CC(C)(C)COc2ccccc21)=C\C(=O)O. The average Bonchev–Trinajstić information content (AvgIpc) is 2.53. The molecule has 0 aromatic heterocycles. The molecule has 21 heavy (non-hydrogen) atoms. The van der Waals surface area contributed by atoms with Gasteiger partial charge in [0.25, 0.3) is 0 Å². The average molecular weight is 284 g/mol. The van der Waals surface area contributed by atoms with Gasteiger partial charge >= 0.3 is 5.97 Å². The molecule has 2 rings (SSSR count). The molecule has 0 aliphatic carbocycles. The van der Waals surface area contributed by atoms with Crippen molar-refractivity contribution in [3.8, 4) is 5.75 Å². The zero-order valence-electron chi connectivity index (χ0n) is 12.6. The summed E-state index contributed by atoms with van der Waals surface area (Å²) in [5.41, 5.74) is 2.70. The number of carboxylic acid groups (broad SMARTS) is 1. The van der Waals surface area contributed by atoms with Crippen LogP contribution in [0.2, 0.25) is 0 Å². The summed E-state index contributed by atoms with van der Waals surface area (Å²) in [6.45, 7) is 6.63. The lowest BCUT2D eigenvalue weighted by atomic mass is 9.90. The fraction of sp³-hybridized carbons (Fsp3) is 0.278. The lowest BCUT2D eigenvalue weighted by Gasteiger charge is -2.18. The lowest BCUT2D eigenvalue weighted by molar-refractivity contribution is -0.131. The number of para-hydroxylation sites is 1. The van der Waals surface area contributed by atoms with Crippen molar-refractivity contribution in [2.24, 2.45) is 5.41 Å². The van der Waals surface area contributed by atoms with E-state index in [0.29, 0.717) is 12.2 Å². The first kappa shape index (κ1) is 15.1. The standard InChI is InChI=1S/C18H20O3/c1-13(10-17(19)20)8-9-14-11-18(2,3)12-21-16-7-5-4-6-15(14)16/h4-11H,12H2,1-3H3,(H,19,20)/b9-8+,13-10+. The number of hydrogen-bond acceptors (Lipinski definition) is 2. The maximum absolute atomic E-state index is 10.7. The number of carbonyl (C=O) groups is 1. The van der Waals surface area contributed by atoms with E-state index in [4.69, 9.17) is 9.84 Å². The molecule has 110 valence electrons. The predicted molar refractivity (Wildman–Crippen MR) is 84.2 cm³/mol. The molecule has 3 heteroatoms. The maximum atomic E-state index is 10.7. The second kappa shape index (κ2) is 6.00. The van der Waals surface area contributed by atoms with Gasteiger partial charge in [0.15, 0.2) is 0 Å². The Morgan fingerprint density at radius 1 is 1.33 bits per heavy atom. The van der Waals surface area contributed by atoms with E-state index in [1.165, 1.54) is 6.08 Å². The van der Waals surface area contributed by atoms with E-state index < -0.39 is 5.97 Å². The summed E-state index contributed by atoms with van der Waals surface area (Å²) in [5, 5.41) is 8.76. The first-order chi connectivity index (χ1) is 9.87. The molecule has 0 unspecified atom stereocenters. The monoisotopic (exact) mass is 284 g/mol. The van der Waals surface area contributed by atoms with E-state index in [1.54, 1.807) is 6.92 Å². The molecule has 0 saturated heterocycles. The summed E-state index contributed by atoms with van der Waals surface area (Å²) < 4.78 is 5.87. The Labute approximate surface area is 125 Å². The Morgan fingerprint density at radius 3 is 2.76 bits per heavy atom. The number of hydrogen-bond donors (Lipinski definition) is 1. The van der Waals surface area contributed by atoms with E-state index in [9.17, 15) is 4.79 Å². The number of ether oxygens (including phenoxy) is 1. The Hall–Kier alpha value is -2.29. The van der Waals surface area contributed by atoms with Gasteiger partial charge in [-0.15, -0.1) is 0 Å². The van der Waals surface area contributed by atoms with Crippen LogP contribution in [0.3, 0.4) is 0 Å². The molecule has 1 aliphatic rings. The molecule has 1 heterocycles. The van der Waals surface area contributed by atoms with Crippen LogP contribution < -0.4 is 4.74 Å². The topological polar surface area (TPSA) is 46.5 Å². The Kier molecular flexibility index (Phi) is 4.32. The van der Waals surface area contributed by atoms with Crippen molar-refractivity contribution in [1.29, 1.82) is 0 Å². The highest BCUT2D eigenvalue weighted by Gasteiger charge is 2.22. The van der Waals surface area contributed by atoms with Crippen LogP contribution >= 0.6 is 0 Å². The minimum absolute atomic E-state index is 0.0802. The van der Waals surface area contributed by atoms with Crippen LogP contribution in [0, 0.1) is 5.41 Å². The lowest BCUT2D eigenvalue weighted by Crippen LogP contribution is -2.17. The molecule has 0 atom stereocenters. The largest absolute Gasteiger partial charge is 0.492 e. The summed E-state index contributed by atoms with van der Waals surface area (Å²) >= 11 is 0. The van der Waals surface area contributed by atoms with Crippen molar-refractivity contribution >= 4 is 11.5 Å². The molecule has 3 nitrogen and oxygen atoms in total. The summed E-state index contributed by atoms with van der Waals surface area (Å²) in [4.78, 5) is 10.7. The number of rotatable bonds is 3. The summed E-state index contributed by atoms with van der Waals surface area (Å²) in [5.74, 6) is -0.0742. The quantitative estimate of drug-likeness (QED) is 0.672. The highest BCUT2D eigenvalue weighted by molar-refractivity contribution is 5.82. The first-order valence-corrected chi connectivity index (χ1v) is 6.92. The van der Waals surface area contributed by atoms with Crippen molar-refractivity contribution in [3.63, 3.8) is 0 Å². The van der Waals surface area contributed by atoms with E-state index in [1.807, 2.05) is 36.4 Å². The van der Waals surface area contributed by atoms with E-state index in [-0.39, 0.29) is 5.41 Å². The molecule has 1 aromatic carbocycles. The van der Waals surface area contributed by atoms with Crippen molar-refractivity contribution in [3.05, 3.63) is 59.7 Å². The molecular formula is C18H20O3. The summed E-state index contributed by atoms with van der Waals surface area (Å²) in [7, 11) is 0. The van der Waals surface area contributed by atoms with Gasteiger partial charge in [-0.2, -0.15) is 0 Å². The fourth-order valence-corrected chi connectivity index (χ4v) is 2.24. The van der Waals surface area contributed by atoms with Gasteiger partial charge in [0.2, 0.25) is 0 Å². The van der Waals surface area contributed by atoms with Gasteiger partial charge < -0.3 is 9.84 Å². The van der Waals surface area contributed by atoms with Gasteiger partial charge in [0.05, 0.1) is 6.61 Å². The second-order valence-electron chi connectivity index (χ2n) is 5.93. The Bertz CT molecular complexity index is 634. The highest BCUT2D eigenvalue weighted by Crippen LogP contribution is 2.35. The van der Waals surface area contributed by atoms with Crippen molar-refractivity contribution in [2.75, 3.05) is 6.61 Å².